The van der Waals surface area contributed by atoms with E-state index in [2.05, 4.69) is 22.5 Å². The summed E-state index contributed by atoms with van der Waals surface area (Å²) in [6.07, 6.45) is 0.597. The first kappa shape index (κ1) is 16.8. The SMILES string of the molecule is CCOC(=O)NC(=O)N(S)c1ncccc1-c1ccc(F)cc1. The van der Waals surface area contributed by atoms with E-state index >= 15 is 0 Å². The topological polar surface area (TPSA) is 71.5 Å². The number of halogens is 1. The molecule has 120 valence electrons. The van der Waals surface area contributed by atoms with Gasteiger partial charge in [0, 0.05) is 11.8 Å². The van der Waals surface area contributed by atoms with Gasteiger partial charge in [0.05, 0.1) is 6.61 Å². The molecule has 0 radical (unpaired) electrons. The second kappa shape index (κ2) is 7.59. The van der Waals surface area contributed by atoms with Crippen LogP contribution in [0.4, 0.5) is 19.8 Å². The number of carbonyl (C=O) groups excluding carboxylic acids is 2. The van der Waals surface area contributed by atoms with Gasteiger partial charge in [-0.2, -0.15) is 0 Å². The van der Waals surface area contributed by atoms with E-state index in [0.29, 0.717) is 11.1 Å². The standard InChI is InChI=1S/C15H14FN3O3S/c1-2-22-15(21)18-14(20)19(23)13-12(4-3-9-17-13)10-5-7-11(16)8-6-10/h3-9,23H,2H2,1H3,(H,18,20,21). The molecule has 0 bridgehead atoms. The largest absolute Gasteiger partial charge is 0.450 e. The van der Waals surface area contributed by atoms with Crippen LogP contribution >= 0.6 is 12.8 Å². The molecule has 8 heteroatoms. The van der Waals surface area contributed by atoms with Crippen LogP contribution in [0.2, 0.25) is 0 Å². The number of hydrogen-bond donors (Lipinski definition) is 2. The lowest BCUT2D eigenvalue weighted by molar-refractivity contribution is 0.154. The van der Waals surface area contributed by atoms with E-state index in [1.165, 1.54) is 18.3 Å². The van der Waals surface area contributed by atoms with Gasteiger partial charge in [-0.1, -0.05) is 24.9 Å². The van der Waals surface area contributed by atoms with Gasteiger partial charge < -0.3 is 4.74 Å². The molecule has 3 amide bonds. The number of alkyl carbamates (subject to hydrolysis) is 1. The molecule has 2 rings (SSSR count). The number of thiol groups is 1. The van der Waals surface area contributed by atoms with Crippen molar-refractivity contribution in [2.24, 2.45) is 0 Å². The van der Waals surface area contributed by atoms with Crippen LogP contribution in [0.3, 0.4) is 0 Å². The molecule has 0 fully saturated rings. The molecule has 0 spiro atoms. The molecule has 1 heterocycles. The highest BCUT2D eigenvalue weighted by Crippen LogP contribution is 2.29. The van der Waals surface area contributed by atoms with Gasteiger partial charge in [0.2, 0.25) is 0 Å². The zero-order chi connectivity index (χ0) is 16.8. The van der Waals surface area contributed by atoms with Crippen molar-refractivity contribution < 1.29 is 18.7 Å². The molecule has 0 aliphatic carbocycles. The zero-order valence-corrected chi connectivity index (χ0v) is 13.1. The number of aromatic nitrogens is 1. The summed E-state index contributed by atoms with van der Waals surface area (Å²) in [4.78, 5) is 27.4. The Morgan fingerprint density at radius 3 is 2.65 bits per heavy atom. The minimum absolute atomic E-state index is 0.135. The number of urea groups is 1. The summed E-state index contributed by atoms with van der Waals surface area (Å²) in [6.45, 7) is 1.75. The fourth-order valence-electron chi connectivity index (χ4n) is 1.82. The average molecular weight is 335 g/mol. The Balaban J connectivity index is 2.27. The average Bonchev–Trinajstić information content (AvgIpc) is 2.55. The summed E-state index contributed by atoms with van der Waals surface area (Å²) in [5.41, 5.74) is 1.21. The Labute approximate surface area is 137 Å². The molecular weight excluding hydrogens is 321 g/mol. The van der Waals surface area contributed by atoms with Gasteiger partial charge in [0.15, 0.2) is 5.82 Å². The fourth-order valence-corrected chi connectivity index (χ4v) is 2.03. The number of anilines is 1. The highest BCUT2D eigenvalue weighted by Gasteiger charge is 2.20. The van der Waals surface area contributed by atoms with Crippen LogP contribution in [0.15, 0.2) is 42.6 Å². The van der Waals surface area contributed by atoms with Gasteiger partial charge >= 0.3 is 12.1 Å². The van der Waals surface area contributed by atoms with Crippen molar-refractivity contribution in [2.45, 2.75) is 6.92 Å². The molecule has 6 nitrogen and oxygen atoms in total. The quantitative estimate of drug-likeness (QED) is 0.843. The van der Waals surface area contributed by atoms with Crippen LogP contribution in [0.25, 0.3) is 11.1 Å². The van der Waals surface area contributed by atoms with Crippen LogP contribution in [-0.4, -0.2) is 23.7 Å². The maximum absolute atomic E-state index is 13.0. The van der Waals surface area contributed by atoms with Crippen molar-refractivity contribution in [2.75, 3.05) is 10.9 Å². The van der Waals surface area contributed by atoms with Gasteiger partial charge in [0.25, 0.3) is 0 Å². The van der Waals surface area contributed by atoms with E-state index in [4.69, 9.17) is 0 Å². The number of carbonyl (C=O) groups is 2. The van der Waals surface area contributed by atoms with Crippen molar-refractivity contribution >= 4 is 30.8 Å². The smallest absolute Gasteiger partial charge is 0.415 e. The molecule has 0 aliphatic rings. The number of rotatable bonds is 3. The third-order valence-electron chi connectivity index (χ3n) is 2.82. The van der Waals surface area contributed by atoms with Crippen LogP contribution in [0.5, 0.6) is 0 Å². The molecule has 1 N–H and O–H groups in total. The number of ether oxygens (including phenoxy) is 1. The minimum Gasteiger partial charge on any atom is -0.450 e. The first-order valence-electron chi connectivity index (χ1n) is 6.70. The molecule has 0 saturated carbocycles. The lowest BCUT2D eigenvalue weighted by Crippen LogP contribution is -2.39. The Morgan fingerprint density at radius 2 is 2.00 bits per heavy atom. The van der Waals surface area contributed by atoms with Crippen LogP contribution in [-0.2, 0) is 4.74 Å². The van der Waals surface area contributed by atoms with E-state index in [-0.39, 0.29) is 18.2 Å². The normalized spacial score (nSPS) is 10.0. The monoisotopic (exact) mass is 335 g/mol. The lowest BCUT2D eigenvalue weighted by Gasteiger charge is -2.18. The predicted molar refractivity (Wildman–Crippen MR) is 86.6 cm³/mol. The number of hydrogen-bond acceptors (Lipinski definition) is 5. The van der Waals surface area contributed by atoms with Crippen molar-refractivity contribution in [1.82, 2.24) is 10.3 Å². The third kappa shape index (κ3) is 4.19. The van der Waals surface area contributed by atoms with Crippen LogP contribution in [0, 0.1) is 5.82 Å². The second-order valence-corrected chi connectivity index (χ2v) is 4.74. The first-order chi connectivity index (χ1) is 11.0. The van der Waals surface area contributed by atoms with E-state index in [0.717, 1.165) is 4.31 Å². The summed E-state index contributed by atoms with van der Waals surface area (Å²) in [7, 11) is 0. The van der Waals surface area contributed by atoms with E-state index in [9.17, 15) is 14.0 Å². The van der Waals surface area contributed by atoms with Gasteiger partial charge in [-0.3, -0.25) is 0 Å². The molecule has 0 unspecified atom stereocenters. The summed E-state index contributed by atoms with van der Waals surface area (Å²) < 4.78 is 18.6. The molecular formula is C15H14FN3O3S. The first-order valence-corrected chi connectivity index (χ1v) is 7.10. The van der Waals surface area contributed by atoms with E-state index in [1.54, 1.807) is 31.2 Å². The minimum atomic E-state index is -0.879. The predicted octanol–water partition coefficient (Wildman–Crippen LogP) is 3.41. The third-order valence-corrected chi connectivity index (χ3v) is 3.19. The molecule has 23 heavy (non-hydrogen) atoms. The Hall–Kier alpha value is -2.61. The van der Waals surface area contributed by atoms with Crippen molar-refractivity contribution in [3.05, 3.63) is 48.4 Å². The van der Waals surface area contributed by atoms with Gasteiger partial charge in [0.1, 0.15) is 5.82 Å². The Bertz CT molecular complexity index is 709. The Morgan fingerprint density at radius 1 is 1.30 bits per heavy atom. The number of pyridine rings is 1. The number of imide groups is 1. The summed E-state index contributed by atoms with van der Waals surface area (Å²) in [6, 6.07) is 8.28. The van der Waals surface area contributed by atoms with Crippen molar-refractivity contribution in [3.63, 3.8) is 0 Å². The zero-order valence-electron chi connectivity index (χ0n) is 12.2. The van der Waals surface area contributed by atoms with Crippen molar-refractivity contribution in [1.29, 1.82) is 0 Å². The van der Waals surface area contributed by atoms with Gasteiger partial charge in [-0.25, -0.2) is 28.6 Å². The second-order valence-electron chi connectivity index (χ2n) is 4.34. The van der Waals surface area contributed by atoms with E-state index < -0.39 is 12.1 Å². The number of nitrogens with one attached hydrogen (secondary N) is 1. The highest BCUT2D eigenvalue weighted by molar-refractivity contribution is 7.82. The van der Waals surface area contributed by atoms with Crippen LogP contribution < -0.4 is 9.62 Å². The van der Waals surface area contributed by atoms with E-state index in [1.807, 2.05) is 5.32 Å². The summed E-state index contributed by atoms with van der Waals surface area (Å²) >= 11 is 4.07. The number of benzene rings is 1. The molecule has 1 aromatic carbocycles. The summed E-state index contributed by atoms with van der Waals surface area (Å²) in [5.74, 6) is -0.175. The molecule has 2 aromatic rings. The molecule has 0 saturated heterocycles. The van der Waals surface area contributed by atoms with Gasteiger partial charge in [-0.05, 0) is 36.8 Å². The lowest BCUT2D eigenvalue weighted by atomic mass is 10.1. The summed E-state index contributed by atoms with van der Waals surface area (Å²) in [5, 5.41) is 2.02. The van der Waals surface area contributed by atoms with Gasteiger partial charge in [-0.15, -0.1) is 0 Å². The molecule has 0 aliphatic heterocycles. The van der Waals surface area contributed by atoms with Crippen LogP contribution in [0.1, 0.15) is 6.92 Å². The van der Waals surface area contributed by atoms with Crippen molar-refractivity contribution in [3.8, 4) is 11.1 Å². The highest BCUT2D eigenvalue weighted by atomic mass is 32.1. The fraction of sp³-hybridized carbons (Fsp3) is 0.133. The maximum atomic E-state index is 13.0. The molecule has 1 aromatic heterocycles. The molecule has 0 atom stereocenters. The number of amides is 3. The maximum Gasteiger partial charge on any atom is 0.415 e. The Kier molecular flexibility index (Phi) is 5.53. The number of nitrogens with zero attached hydrogens (tertiary/aromatic N) is 2.